The standard InChI is InChI=1S/C64H45NO/c1-63(2)55-26-12-9-22-51(55)54-37-36-48(41-59(54)63)65(49-39-45(42-18-5-3-6-19-42)38-46(40-49)43-20-7-4-8-21-43)47-34-32-44(33-35-47)50-25-17-31-61-62(50)64(58-29-15-16-30-60(58)66-61)56-27-13-10-23-52(56)53-24-11-14-28-57(53)64/h3-41H,1-2H3. The number of nitrogens with zero attached hydrogens (tertiary/aromatic N) is 1. The molecule has 0 saturated heterocycles. The minimum Gasteiger partial charge on any atom is -0.457 e. The molecule has 1 heterocycles. The van der Waals surface area contributed by atoms with Crippen LogP contribution in [0.15, 0.2) is 237 Å². The highest BCUT2D eigenvalue weighted by Gasteiger charge is 2.52. The number of para-hydroxylation sites is 1. The Hall–Kier alpha value is -8.20. The summed E-state index contributed by atoms with van der Waals surface area (Å²) in [5, 5.41) is 0. The first-order chi connectivity index (χ1) is 32.5. The smallest absolute Gasteiger partial charge is 0.132 e. The average molecular weight is 844 g/mol. The first kappa shape index (κ1) is 38.3. The van der Waals surface area contributed by atoms with Crippen LogP contribution in [0.2, 0.25) is 0 Å². The second-order valence-electron chi connectivity index (χ2n) is 18.4. The number of anilines is 3. The molecule has 1 spiro atoms. The highest BCUT2D eigenvalue weighted by Crippen LogP contribution is 2.64. The summed E-state index contributed by atoms with van der Waals surface area (Å²) in [5.74, 6) is 1.78. The van der Waals surface area contributed by atoms with E-state index < -0.39 is 5.41 Å². The van der Waals surface area contributed by atoms with Gasteiger partial charge in [0.15, 0.2) is 0 Å². The molecule has 0 saturated carbocycles. The summed E-state index contributed by atoms with van der Waals surface area (Å²) in [6.07, 6.45) is 0. The van der Waals surface area contributed by atoms with Gasteiger partial charge in [-0.05, 0) is 132 Å². The van der Waals surface area contributed by atoms with Crippen molar-refractivity contribution in [2.75, 3.05) is 4.90 Å². The summed E-state index contributed by atoms with van der Waals surface area (Å²) >= 11 is 0. The summed E-state index contributed by atoms with van der Waals surface area (Å²) in [6.45, 7) is 4.72. The highest BCUT2D eigenvalue weighted by atomic mass is 16.5. The number of fused-ring (bicyclic) bond motifs is 12. The monoisotopic (exact) mass is 843 g/mol. The fourth-order valence-corrected chi connectivity index (χ4v) is 11.6. The largest absolute Gasteiger partial charge is 0.457 e. The third-order valence-electron chi connectivity index (χ3n) is 14.5. The molecule has 2 nitrogen and oxygen atoms in total. The van der Waals surface area contributed by atoms with Crippen molar-refractivity contribution in [1.29, 1.82) is 0 Å². The van der Waals surface area contributed by atoms with E-state index in [1.165, 1.54) is 77.9 Å². The Balaban J connectivity index is 1.02. The van der Waals surface area contributed by atoms with Crippen molar-refractivity contribution in [3.05, 3.63) is 270 Å². The molecule has 3 aliphatic rings. The predicted molar refractivity (Wildman–Crippen MR) is 272 cm³/mol. The van der Waals surface area contributed by atoms with E-state index in [1.54, 1.807) is 0 Å². The van der Waals surface area contributed by atoms with E-state index >= 15 is 0 Å². The van der Waals surface area contributed by atoms with Gasteiger partial charge in [0.1, 0.15) is 11.5 Å². The van der Waals surface area contributed by atoms with Crippen LogP contribution in [0.4, 0.5) is 17.1 Å². The molecule has 2 aliphatic carbocycles. The van der Waals surface area contributed by atoms with Gasteiger partial charge in [-0.1, -0.05) is 196 Å². The van der Waals surface area contributed by atoms with Crippen LogP contribution in [0.5, 0.6) is 11.5 Å². The van der Waals surface area contributed by atoms with E-state index in [1.807, 2.05) is 0 Å². The van der Waals surface area contributed by atoms with E-state index in [0.717, 1.165) is 39.7 Å². The zero-order chi connectivity index (χ0) is 44.0. The van der Waals surface area contributed by atoms with Gasteiger partial charge >= 0.3 is 0 Å². The lowest BCUT2D eigenvalue weighted by Gasteiger charge is -2.40. The van der Waals surface area contributed by atoms with Crippen LogP contribution >= 0.6 is 0 Å². The second-order valence-corrected chi connectivity index (χ2v) is 18.4. The molecule has 66 heavy (non-hydrogen) atoms. The van der Waals surface area contributed by atoms with Crippen LogP contribution in [-0.2, 0) is 10.8 Å². The minimum atomic E-state index is -0.570. The summed E-state index contributed by atoms with van der Waals surface area (Å²) in [7, 11) is 0. The third kappa shape index (κ3) is 5.61. The van der Waals surface area contributed by atoms with Crippen LogP contribution in [0.25, 0.3) is 55.6 Å². The second kappa shape index (κ2) is 14.7. The Morgan fingerprint density at radius 1 is 0.303 bits per heavy atom. The maximum Gasteiger partial charge on any atom is 0.132 e. The molecule has 1 aliphatic heterocycles. The summed E-state index contributed by atoms with van der Waals surface area (Å²) in [6, 6.07) is 86.8. The lowest BCUT2D eigenvalue weighted by atomic mass is 9.64. The maximum absolute atomic E-state index is 6.90. The van der Waals surface area contributed by atoms with Crippen molar-refractivity contribution in [3.8, 4) is 67.1 Å². The molecule has 0 bridgehead atoms. The van der Waals surface area contributed by atoms with Gasteiger partial charge in [0.05, 0.1) is 5.41 Å². The lowest BCUT2D eigenvalue weighted by Crippen LogP contribution is -2.32. The minimum absolute atomic E-state index is 0.154. The van der Waals surface area contributed by atoms with Gasteiger partial charge in [-0.2, -0.15) is 0 Å². The predicted octanol–water partition coefficient (Wildman–Crippen LogP) is 16.9. The number of hydrogen-bond acceptors (Lipinski definition) is 2. The fraction of sp³-hybridized carbons (Fsp3) is 0.0625. The highest BCUT2D eigenvalue weighted by molar-refractivity contribution is 5.93. The van der Waals surface area contributed by atoms with Crippen molar-refractivity contribution in [2.24, 2.45) is 0 Å². The van der Waals surface area contributed by atoms with E-state index in [9.17, 15) is 0 Å². The SMILES string of the molecule is CC1(C)c2ccccc2-c2ccc(N(c3ccc(-c4cccc5c4C4(c6ccccc6O5)c5ccccc5-c5ccccc54)cc3)c3cc(-c4ccccc4)cc(-c4ccccc4)c3)cc21. The molecule has 2 heteroatoms. The van der Waals surface area contributed by atoms with Crippen molar-refractivity contribution < 1.29 is 4.74 Å². The Bertz CT molecular complexity index is 3430. The Kier molecular flexibility index (Phi) is 8.51. The third-order valence-corrected chi connectivity index (χ3v) is 14.5. The van der Waals surface area contributed by atoms with Crippen LogP contribution in [0.1, 0.15) is 47.2 Å². The summed E-state index contributed by atoms with van der Waals surface area (Å²) in [5.41, 5.74) is 22.3. The van der Waals surface area contributed by atoms with Gasteiger partial charge in [0.25, 0.3) is 0 Å². The Morgan fingerprint density at radius 2 is 0.788 bits per heavy atom. The quantitative estimate of drug-likeness (QED) is 0.165. The fourth-order valence-electron chi connectivity index (χ4n) is 11.6. The summed E-state index contributed by atoms with van der Waals surface area (Å²) in [4.78, 5) is 2.45. The molecule has 0 radical (unpaired) electrons. The van der Waals surface area contributed by atoms with Crippen molar-refractivity contribution in [3.63, 3.8) is 0 Å². The van der Waals surface area contributed by atoms with E-state index in [4.69, 9.17) is 4.74 Å². The van der Waals surface area contributed by atoms with E-state index in [-0.39, 0.29) is 5.41 Å². The molecule has 0 atom stereocenters. The van der Waals surface area contributed by atoms with Gasteiger partial charge in [0, 0.05) is 33.6 Å². The number of hydrogen-bond donors (Lipinski definition) is 0. The average Bonchev–Trinajstić information content (AvgIpc) is 3.79. The van der Waals surface area contributed by atoms with Gasteiger partial charge < -0.3 is 9.64 Å². The molecule has 0 unspecified atom stereocenters. The molecule has 0 aromatic heterocycles. The van der Waals surface area contributed by atoms with E-state index in [2.05, 4.69) is 255 Å². The maximum atomic E-state index is 6.90. The molecule has 0 N–H and O–H groups in total. The van der Waals surface area contributed by atoms with Gasteiger partial charge in [0.2, 0.25) is 0 Å². The molecule has 13 rings (SSSR count). The first-order valence-electron chi connectivity index (χ1n) is 23.0. The number of rotatable bonds is 6. The Labute approximate surface area is 386 Å². The topological polar surface area (TPSA) is 12.5 Å². The Morgan fingerprint density at radius 3 is 1.42 bits per heavy atom. The molecular weight excluding hydrogens is 799 g/mol. The van der Waals surface area contributed by atoms with Crippen molar-refractivity contribution >= 4 is 17.1 Å². The van der Waals surface area contributed by atoms with Crippen LogP contribution in [-0.4, -0.2) is 0 Å². The van der Waals surface area contributed by atoms with Gasteiger partial charge in [-0.3, -0.25) is 0 Å². The van der Waals surface area contributed by atoms with Crippen molar-refractivity contribution in [2.45, 2.75) is 24.7 Å². The lowest BCUT2D eigenvalue weighted by molar-refractivity contribution is 0.437. The van der Waals surface area contributed by atoms with Crippen LogP contribution in [0.3, 0.4) is 0 Å². The zero-order valence-corrected chi connectivity index (χ0v) is 36.9. The zero-order valence-electron chi connectivity index (χ0n) is 36.9. The van der Waals surface area contributed by atoms with Crippen molar-refractivity contribution in [1.82, 2.24) is 0 Å². The summed E-state index contributed by atoms with van der Waals surface area (Å²) < 4.78 is 6.90. The molecule has 10 aromatic carbocycles. The van der Waals surface area contributed by atoms with E-state index in [0.29, 0.717) is 0 Å². The molecule has 0 fully saturated rings. The van der Waals surface area contributed by atoms with Crippen LogP contribution in [0, 0.1) is 0 Å². The van der Waals surface area contributed by atoms with Crippen LogP contribution < -0.4 is 9.64 Å². The van der Waals surface area contributed by atoms with Gasteiger partial charge in [-0.25, -0.2) is 0 Å². The molecule has 312 valence electrons. The molecule has 10 aromatic rings. The number of benzene rings is 10. The number of ether oxygens (including phenoxy) is 1. The normalized spacial score (nSPS) is 14.0. The van der Waals surface area contributed by atoms with Gasteiger partial charge in [-0.15, -0.1) is 0 Å². The first-order valence-corrected chi connectivity index (χ1v) is 23.0. The molecule has 0 amide bonds. The molecular formula is C64H45NO.